The molecule has 0 heterocycles. The fraction of sp³-hybridized carbons (Fsp3) is 0.0667. The zero-order valence-electron chi connectivity index (χ0n) is 10.9. The van der Waals surface area contributed by atoms with Crippen molar-refractivity contribution >= 4 is 23.7 Å². The second-order valence-electron chi connectivity index (χ2n) is 4.31. The van der Waals surface area contributed by atoms with Crippen molar-refractivity contribution in [3.63, 3.8) is 0 Å². The molecule has 0 unspecified atom stereocenters. The van der Waals surface area contributed by atoms with Crippen molar-refractivity contribution in [1.82, 2.24) is 5.43 Å². The number of hydrazone groups is 1. The lowest BCUT2D eigenvalue weighted by molar-refractivity contribution is -0.120. The van der Waals surface area contributed by atoms with E-state index < -0.39 is 0 Å². The van der Waals surface area contributed by atoms with Gasteiger partial charge in [0.2, 0.25) is 5.91 Å². The number of phenols is 1. The maximum atomic E-state index is 12.7. The molecule has 0 aromatic heterocycles. The molecule has 4 nitrogen and oxygen atoms in total. The molecule has 0 saturated carbocycles. The van der Waals surface area contributed by atoms with E-state index in [1.165, 1.54) is 30.5 Å². The fourth-order valence-electron chi connectivity index (χ4n) is 1.61. The maximum Gasteiger partial charge on any atom is 0.244 e. The van der Waals surface area contributed by atoms with Crippen LogP contribution in [0.2, 0.25) is 5.02 Å². The van der Waals surface area contributed by atoms with E-state index in [1.807, 2.05) is 0 Å². The Morgan fingerprint density at radius 2 is 2.00 bits per heavy atom. The highest BCUT2D eigenvalue weighted by atomic mass is 35.5. The summed E-state index contributed by atoms with van der Waals surface area (Å²) in [5, 5.41) is 13.3. The van der Waals surface area contributed by atoms with Crippen LogP contribution in [0.1, 0.15) is 11.1 Å². The van der Waals surface area contributed by atoms with Crippen molar-refractivity contribution in [2.45, 2.75) is 6.42 Å². The van der Waals surface area contributed by atoms with Gasteiger partial charge < -0.3 is 5.11 Å². The summed E-state index contributed by atoms with van der Waals surface area (Å²) in [6.07, 6.45) is 1.52. The molecular weight excluding hydrogens is 295 g/mol. The summed E-state index contributed by atoms with van der Waals surface area (Å²) in [6, 6.07) is 10.2. The van der Waals surface area contributed by atoms with Gasteiger partial charge in [-0.1, -0.05) is 23.7 Å². The van der Waals surface area contributed by atoms with Gasteiger partial charge in [0.05, 0.1) is 17.7 Å². The highest BCUT2D eigenvalue weighted by Crippen LogP contribution is 2.22. The van der Waals surface area contributed by atoms with E-state index >= 15 is 0 Å². The van der Waals surface area contributed by atoms with Crippen LogP contribution in [0.5, 0.6) is 5.75 Å². The van der Waals surface area contributed by atoms with Crippen LogP contribution in [0, 0.1) is 5.82 Å². The SMILES string of the molecule is O=C(Cc1ccc(F)cc1)N/N=C/c1ccc(O)c(Cl)c1. The molecule has 0 aliphatic heterocycles. The van der Waals surface area contributed by atoms with Crippen molar-refractivity contribution in [1.29, 1.82) is 0 Å². The number of benzene rings is 2. The molecule has 0 bridgehead atoms. The topological polar surface area (TPSA) is 61.7 Å². The van der Waals surface area contributed by atoms with Crippen molar-refractivity contribution in [3.8, 4) is 5.75 Å². The molecule has 108 valence electrons. The Hall–Kier alpha value is -2.40. The Morgan fingerprint density at radius 3 is 2.67 bits per heavy atom. The first kappa shape index (κ1) is 15.0. The lowest BCUT2D eigenvalue weighted by atomic mass is 10.1. The van der Waals surface area contributed by atoms with E-state index in [1.54, 1.807) is 18.2 Å². The maximum absolute atomic E-state index is 12.7. The van der Waals surface area contributed by atoms with Gasteiger partial charge in [-0.2, -0.15) is 5.10 Å². The smallest absolute Gasteiger partial charge is 0.244 e. The molecule has 0 fully saturated rings. The van der Waals surface area contributed by atoms with Crippen molar-refractivity contribution in [3.05, 3.63) is 64.4 Å². The summed E-state index contributed by atoms with van der Waals surface area (Å²) in [5.41, 5.74) is 3.69. The number of hydrogen-bond acceptors (Lipinski definition) is 3. The van der Waals surface area contributed by atoms with E-state index in [-0.39, 0.29) is 28.9 Å². The van der Waals surface area contributed by atoms with Crippen LogP contribution in [0.15, 0.2) is 47.6 Å². The Balaban J connectivity index is 1.89. The number of carbonyl (C=O) groups excluding carboxylic acids is 1. The molecule has 2 N–H and O–H groups in total. The largest absolute Gasteiger partial charge is 0.506 e. The summed E-state index contributed by atoms with van der Waals surface area (Å²) in [4.78, 5) is 11.6. The van der Waals surface area contributed by atoms with Gasteiger partial charge in [0, 0.05) is 0 Å². The summed E-state index contributed by atoms with van der Waals surface area (Å²) in [6.45, 7) is 0. The van der Waals surface area contributed by atoms with Crippen LogP contribution >= 0.6 is 11.6 Å². The molecule has 0 radical (unpaired) electrons. The minimum Gasteiger partial charge on any atom is -0.506 e. The van der Waals surface area contributed by atoms with Gasteiger partial charge in [0.15, 0.2) is 0 Å². The standard InChI is InChI=1S/C15H12ClFN2O2/c16-13-7-11(3-6-14(13)20)9-18-19-15(21)8-10-1-4-12(17)5-2-10/h1-7,9,20H,8H2,(H,19,21)/b18-9+. The molecule has 0 atom stereocenters. The highest BCUT2D eigenvalue weighted by Gasteiger charge is 2.02. The third-order valence-corrected chi connectivity index (χ3v) is 2.96. The molecule has 2 rings (SSSR count). The summed E-state index contributed by atoms with van der Waals surface area (Å²) < 4.78 is 12.7. The Labute approximate surface area is 125 Å². The van der Waals surface area contributed by atoms with Crippen LogP contribution in [-0.2, 0) is 11.2 Å². The number of rotatable bonds is 4. The summed E-state index contributed by atoms with van der Waals surface area (Å²) >= 11 is 5.75. The number of halogens is 2. The van der Waals surface area contributed by atoms with Gasteiger partial charge >= 0.3 is 0 Å². The number of amides is 1. The van der Waals surface area contributed by atoms with Gasteiger partial charge in [0.25, 0.3) is 0 Å². The second kappa shape index (κ2) is 6.85. The predicted octanol–water partition coefficient (Wildman–Crippen LogP) is 2.88. The van der Waals surface area contributed by atoms with Gasteiger partial charge in [-0.25, -0.2) is 9.82 Å². The van der Waals surface area contributed by atoms with Crippen LogP contribution < -0.4 is 5.43 Å². The van der Waals surface area contributed by atoms with Crippen molar-refractivity contribution in [2.24, 2.45) is 5.10 Å². The average molecular weight is 307 g/mol. The molecule has 0 aliphatic carbocycles. The minimum absolute atomic E-state index is 0.0193. The van der Waals surface area contributed by atoms with Crippen molar-refractivity contribution < 1.29 is 14.3 Å². The zero-order chi connectivity index (χ0) is 15.2. The first-order valence-electron chi connectivity index (χ1n) is 6.09. The van der Waals surface area contributed by atoms with Crippen LogP contribution in [0.4, 0.5) is 4.39 Å². The van der Waals surface area contributed by atoms with E-state index in [0.717, 1.165) is 0 Å². The van der Waals surface area contributed by atoms with Gasteiger partial charge in [-0.05, 0) is 41.5 Å². The second-order valence-corrected chi connectivity index (χ2v) is 4.71. The molecule has 0 saturated heterocycles. The predicted molar refractivity (Wildman–Crippen MR) is 79.0 cm³/mol. The van der Waals surface area contributed by atoms with E-state index in [9.17, 15) is 14.3 Å². The summed E-state index contributed by atoms with van der Waals surface area (Å²) in [5.74, 6) is -0.682. The zero-order valence-corrected chi connectivity index (χ0v) is 11.6. The number of nitrogens with zero attached hydrogens (tertiary/aromatic N) is 1. The molecule has 2 aromatic carbocycles. The van der Waals surface area contributed by atoms with E-state index in [4.69, 9.17) is 11.6 Å². The molecule has 0 aliphatic rings. The number of hydrogen-bond donors (Lipinski definition) is 2. The van der Waals surface area contributed by atoms with Gasteiger partial charge in [-0.15, -0.1) is 0 Å². The molecule has 6 heteroatoms. The minimum atomic E-state index is -0.346. The quantitative estimate of drug-likeness (QED) is 0.674. The van der Waals surface area contributed by atoms with Crippen LogP contribution in [0.25, 0.3) is 0 Å². The third kappa shape index (κ3) is 4.57. The first-order chi connectivity index (χ1) is 10.0. The lowest BCUT2D eigenvalue weighted by Gasteiger charge is -2.01. The summed E-state index contributed by atoms with van der Waals surface area (Å²) in [7, 11) is 0. The average Bonchev–Trinajstić information content (AvgIpc) is 2.45. The molecule has 21 heavy (non-hydrogen) atoms. The number of aromatic hydroxyl groups is 1. The third-order valence-electron chi connectivity index (χ3n) is 2.65. The fourth-order valence-corrected chi connectivity index (χ4v) is 1.80. The van der Waals surface area contributed by atoms with Crippen LogP contribution in [-0.4, -0.2) is 17.2 Å². The lowest BCUT2D eigenvalue weighted by Crippen LogP contribution is -2.19. The monoisotopic (exact) mass is 306 g/mol. The molecule has 0 spiro atoms. The Kier molecular flexibility index (Phi) is 4.90. The Morgan fingerprint density at radius 1 is 1.29 bits per heavy atom. The van der Waals surface area contributed by atoms with E-state index in [2.05, 4.69) is 10.5 Å². The first-order valence-corrected chi connectivity index (χ1v) is 6.47. The van der Waals surface area contributed by atoms with Gasteiger partial charge in [0.1, 0.15) is 11.6 Å². The molecule has 1 amide bonds. The molecule has 2 aromatic rings. The number of carbonyl (C=O) groups is 1. The van der Waals surface area contributed by atoms with Gasteiger partial charge in [-0.3, -0.25) is 4.79 Å². The highest BCUT2D eigenvalue weighted by molar-refractivity contribution is 6.32. The van der Waals surface area contributed by atoms with Crippen molar-refractivity contribution in [2.75, 3.05) is 0 Å². The molecular formula is C15H12ClFN2O2. The number of nitrogens with one attached hydrogen (secondary N) is 1. The van der Waals surface area contributed by atoms with E-state index in [0.29, 0.717) is 11.1 Å². The number of phenolic OH excluding ortho intramolecular Hbond substituents is 1. The normalized spacial score (nSPS) is 10.8. The Bertz CT molecular complexity index is 672. The van der Waals surface area contributed by atoms with Crippen LogP contribution in [0.3, 0.4) is 0 Å².